The lowest BCUT2D eigenvalue weighted by molar-refractivity contribution is 0.385. The van der Waals surface area contributed by atoms with Gasteiger partial charge in [0.25, 0.3) is 0 Å². The van der Waals surface area contributed by atoms with Crippen molar-refractivity contribution in [3.63, 3.8) is 0 Å². The Bertz CT molecular complexity index is 377. The smallest absolute Gasteiger partial charge is 0.0162 e. The van der Waals surface area contributed by atoms with E-state index < -0.39 is 0 Å². The van der Waals surface area contributed by atoms with E-state index in [1.165, 1.54) is 76.2 Å². The van der Waals surface area contributed by atoms with Gasteiger partial charge in [0.05, 0.1) is 0 Å². The van der Waals surface area contributed by atoms with Crippen LogP contribution in [0.1, 0.15) is 129 Å². The maximum atomic E-state index is 2.36. The van der Waals surface area contributed by atoms with Crippen molar-refractivity contribution < 1.29 is 0 Å². The third kappa shape index (κ3) is 11.8. The van der Waals surface area contributed by atoms with Gasteiger partial charge in [0.2, 0.25) is 0 Å². The van der Waals surface area contributed by atoms with Gasteiger partial charge in [-0.25, -0.2) is 0 Å². The van der Waals surface area contributed by atoms with Crippen LogP contribution in [0.2, 0.25) is 0 Å². The van der Waals surface area contributed by atoms with Crippen molar-refractivity contribution in [3.05, 3.63) is 35.4 Å². The Hall–Kier alpha value is -0.780. The number of benzene rings is 1. The summed E-state index contributed by atoms with van der Waals surface area (Å²) in [6, 6.07) is 9.28. The quantitative estimate of drug-likeness (QED) is 0.492. The molecular weight excluding hydrogens is 312 g/mol. The molecule has 0 bridgehead atoms. The van der Waals surface area contributed by atoms with E-state index in [0.29, 0.717) is 0 Å². The van der Waals surface area contributed by atoms with Crippen LogP contribution < -0.4 is 0 Å². The van der Waals surface area contributed by atoms with Crippen LogP contribution in [0.3, 0.4) is 0 Å². The Kier molecular flexibility index (Phi) is 17.1. The lowest BCUT2D eigenvalue weighted by Crippen LogP contribution is -2.04. The zero-order valence-electron chi connectivity index (χ0n) is 18.9. The van der Waals surface area contributed by atoms with Crippen molar-refractivity contribution >= 4 is 0 Å². The van der Waals surface area contributed by atoms with Gasteiger partial charge in [-0.3, -0.25) is 0 Å². The summed E-state index contributed by atoms with van der Waals surface area (Å²) in [5.41, 5.74) is 3.03. The van der Waals surface area contributed by atoms with Crippen molar-refractivity contribution in [2.45, 2.75) is 125 Å². The molecule has 0 radical (unpaired) electrons. The van der Waals surface area contributed by atoms with Gasteiger partial charge >= 0.3 is 0 Å². The molecule has 0 nitrogen and oxygen atoms in total. The minimum Gasteiger partial charge on any atom is -0.0683 e. The van der Waals surface area contributed by atoms with Crippen LogP contribution in [0.25, 0.3) is 0 Å². The SMILES string of the molecule is CC.CC1CCCCC1.CCC.CCc1ccc(C2CCCCC2)cc1. The minimum absolute atomic E-state index is 0.856. The molecule has 0 heteroatoms. The molecule has 0 spiro atoms. The maximum absolute atomic E-state index is 2.36. The number of hydrogen-bond donors (Lipinski definition) is 0. The van der Waals surface area contributed by atoms with Crippen LogP contribution >= 0.6 is 0 Å². The van der Waals surface area contributed by atoms with E-state index in [-0.39, 0.29) is 0 Å². The summed E-state index contributed by atoms with van der Waals surface area (Å²) >= 11 is 0. The van der Waals surface area contributed by atoms with Gasteiger partial charge in [0.15, 0.2) is 0 Å². The van der Waals surface area contributed by atoms with Gasteiger partial charge in [-0.05, 0) is 42.2 Å². The summed E-state index contributed by atoms with van der Waals surface area (Å²) in [4.78, 5) is 0. The van der Waals surface area contributed by atoms with Crippen LogP contribution in [0, 0.1) is 5.92 Å². The first kappa shape index (κ1) is 25.2. The summed E-state index contributed by atoms with van der Waals surface area (Å²) in [5.74, 6) is 1.89. The standard InChI is InChI=1S/C14H20.C7H14.C3H8.C2H6/c1-2-12-8-10-14(11-9-12)13-6-4-3-5-7-13;1-7-5-3-2-4-6-7;1-3-2;1-2/h8-11,13H,2-7H2,1H3;7H,2-6H2,1H3;3H2,1-2H3;1-2H3. The Morgan fingerprint density at radius 2 is 1.12 bits per heavy atom. The fourth-order valence-corrected chi connectivity index (χ4v) is 3.77. The van der Waals surface area contributed by atoms with Gasteiger partial charge < -0.3 is 0 Å². The molecule has 0 atom stereocenters. The van der Waals surface area contributed by atoms with Crippen molar-refractivity contribution in [2.24, 2.45) is 5.92 Å². The molecule has 0 amide bonds. The van der Waals surface area contributed by atoms with Crippen molar-refractivity contribution in [2.75, 3.05) is 0 Å². The topological polar surface area (TPSA) is 0 Å². The van der Waals surface area contributed by atoms with Crippen LogP contribution in [0.4, 0.5) is 0 Å². The third-order valence-electron chi connectivity index (χ3n) is 5.36. The molecule has 0 unspecified atom stereocenters. The second-order valence-electron chi connectivity index (χ2n) is 7.88. The molecule has 0 heterocycles. The second kappa shape index (κ2) is 17.6. The predicted molar refractivity (Wildman–Crippen MR) is 121 cm³/mol. The van der Waals surface area contributed by atoms with Crippen molar-refractivity contribution in [3.8, 4) is 0 Å². The van der Waals surface area contributed by atoms with E-state index in [4.69, 9.17) is 0 Å². The normalized spacial score (nSPS) is 17.6. The van der Waals surface area contributed by atoms with E-state index in [1.807, 2.05) is 13.8 Å². The largest absolute Gasteiger partial charge is 0.0683 e. The highest BCUT2D eigenvalue weighted by atomic mass is 14.2. The fraction of sp³-hybridized carbons (Fsp3) is 0.769. The Balaban J connectivity index is 0.000000437. The average Bonchev–Trinajstić information content (AvgIpc) is 2.72. The second-order valence-corrected chi connectivity index (χ2v) is 7.88. The van der Waals surface area contributed by atoms with Gasteiger partial charge in [0.1, 0.15) is 0 Å². The van der Waals surface area contributed by atoms with E-state index in [2.05, 4.69) is 52.0 Å². The molecule has 2 saturated carbocycles. The summed E-state index contributed by atoms with van der Waals surface area (Å²) in [5, 5.41) is 0. The summed E-state index contributed by atoms with van der Waals surface area (Å²) < 4.78 is 0. The number of aryl methyl sites for hydroxylation is 1. The number of hydrogen-bond acceptors (Lipinski definition) is 0. The molecule has 2 aliphatic rings. The predicted octanol–water partition coefficient (Wildman–Crippen LogP) is 9.33. The molecular formula is C26H48. The lowest BCUT2D eigenvalue weighted by Gasteiger charge is -2.22. The van der Waals surface area contributed by atoms with Crippen LogP contribution in [0.5, 0.6) is 0 Å². The average molecular weight is 361 g/mol. The third-order valence-corrected chi connectivity index (χ3v) is 5.36. The summed E-state index contributed by atoms with van der Waals surface area (Å²) in [7, 11) is 0. The minimum atomic E-state index is 0.856. The molecule has 1 aromatic carbocycles. The molecule has 1 aromatic rings. The Morgan fingerprint density at radius 3 is 1.46 bits per heavy atom. The molecule has 26 heavy (non-hydrogen) atoms. The highest BCUT2D eigenvalue weighted by molar-refractivity contribution is 5.25. The highest BCUT2D eigenvalue weighted by Crippen LogP contribution is 2.32. The zero-order valence-corrected chi connectivity index (χ0v) is 18.9. The van der Waals surface area contributed by atoms with Gasteiger partial charge in [-0.1, -0.05) is 124 Å². The van der Waals surface area contributed by atoms with Crippen LogP contribution in [-0.4, -0.2) is 0 Å². The first-order valence-corrected chi connectivity index (χ1v) is 11.8. The molecule has 0 aliphatic heterocycles. The van der Waals surface area contributed by atoms with Crippen LogP contribution in [-0.2, 0) is 6.42 Å². The maximum Gasteiger partial charge on any atom is -0.0162 e. The Morgan fingerprint density at radius 1 is 0.692 bits per heavy atom. The molecule has 3 rings (SSSR count). The van der Waals surface area contributed by atoms with Crippen LogP contribution in [0.15, 0.2) is 24.3 Å². The van der Waals surface area contributed by atoms with Gasteiger partial charge in [0, 0.05) is 0 Å². The summed E-state index contributed by atoms with van der Waals surface area (Å²) in [6.45, 7) is 12.8. The van der Waals surface area contributed by atoms with Gasteiger partial charge in [-0.15, -0.1) is 0 Å². The lowest BCUT2D eigenvalue weighted by atomic mass is 9.84. The highest BCUT2D eigenvalue weighted by Gasteiger charge is 2.14. The van der Waals surface area contributed by atoms with E-state index in [0.717, 1.165) is 18.3 Å². The molecule has 0 aromatic heterocycles. The molecule has 2 aliphatic carbocycles. The number of rotatable bonds is 2. The molecule has 0 saturated heterocycles. The van der Waals surface area contributed by atoms with Crippen molar-refractivity contribution in [1.29, 1.82) is 0 Å². The molecule has 2 fully saturated rings. The first-order valence-electron chi connectivity index (χ1n) is 11.8. The Labute approximate surface area is 166 Å². The fourth-order valence-electron chi connectivity index (χ4n) is 3.77. The first-order chi connectivity index (χ1) is 12.7. The molecule has 152 valence electrons. The van der Waals surface area contributed by atoms with E-state index >= 15 is 0 Å². The zero-order chi connectivity index (χ0) is 19.6. The summed E-state index contributed by atoms with van der Waals surface area (Å²) in [6.07, 6.45) is 17.0. The van der Waals surface area contributed by atoms with E-state index in [9.17, 15) is 0 Å². The van der Waals surface area contributed by atoms with Gasteiger partial charge in [-0.2, -0.15) is 0 Å². The van der Waals surface area contributed by atoms with E-state index in [1.54, 1.807) is 5.56 Å². The molecule has 0 N–H and O–H groups in total. The monoisotopic (exact) mass is 360 g/mol. The van der Waals surface area contributed by atoms with Crippen molar-refractivity contribution in [1.82, 2.24) is 0 Å².